The summed E-state index contributed by atoms with van der Waals surface area (Å²) in [7, 11) is 1.49. The van der Waals surface area contributed by atoms with E-state index in [0.29, 0.717) is 9.98 Å². The van der Waals surface area contributed by atoms with Crippen LogP contribution in [0.25, 0.3) is 20.7 Å². The van der Waals surface area contributed by atoms with Gasteiger partial charge in [0.15, 0.2) is 0 Å². The zero-order chi connectivity index (χ0) is 14.3. The molecule has 20 heavy (non-hydrogen) atoms. The molecule has 0 aliphatic heterocycles. The number of nitrogens with zero attached hydrogens (tertiary/aromatic N) is 2. The van der Waals surface area contributed by atoms with E-state index in [2.05, 4.69) is 25.9 Å². The maximum absolute atomic E-state index is 13.0. The van der Waals surface area contributed by atoms with Crippen molar-refractivity contribution < 1.29 is 9.13 Å². The number of thiophene rings is 1. The number of aromatic nitrogens is 2. The van der Waals surface area contributed by atoms with Gasteiger partial charge in [0.1, 0.15) is 15.8 Å². The first kappa shape index (κ1) is 13.7. The fourth-order valence-electron chi connectivity index (χ4n) is 1.79. The van der Waals surface area contributed by atoms with Gasteiger partial charge in [0.25, 0.3) is 0 Å². The van der Waals surface area contributed by atoms with Gasteiger partial charge >= 0.3 is 6.01 Å². The second-order valence-corrected chi connectivity index (χ2v) is 6.08. The predicted molar refractivity (Wildman–Crippen MR) is 82.1 cm³/mol. The van der Waals surface area contributed by atoms with Crippen molar-refractivity contribution in [1.82, 2.24) is 9.97 Å². The molecule has 2 heterocycles. The molecule has 0 saturated carbocycles. The van der Waals surface area contributed by atoms with Gasteiger partial charge < -0.3 is 4.74 Å². The summed E-state index contributed by atoms with van der Waals surface area (Å²) in [6.07, 6.45) is 0. The third-order valence-corrected chi connectivity index (χ3v) is 5.18. The molecule has 1 aromatic carbocycles. The molecule has 0 N–H and O–H groups in total. The number of hydrogen-bond acceptors (Lipinski definition) is 4. The highest BCUT2D eigenvalue weighted by Crippen LogP contribution is 2.44. The van der Waals surface area contributed by atoms with Crippen LogP contribution in [-0.4, -0.2) is 17.1 Å². The average molecular weight is 374 g/mol. The van der Waals surface area contributed by atoms with Crippen molar-refractivity contribution in [2.45, 2.75) is 0 Å². The number of rotatable bonds is 2. The van der Waals surface area contributed by atoms with Gasteiger partial charge in [-0.3, -0.25) is 0 Å². The number of ether oxygens (including phenoxy) is 1. The molecule has 102 valence electrons. The van der Waals surface area contributed by atoms with Gasteiger partial charge in [-0.05, 0) is 33.6 Å². The Morgan fingerprint density at radius 3 is 2.60 bits per heavy atom. The number of fused-ring (bicyclic) bond motifs is 1. The summed E-state index contributed by atoms with van der Waals surface area (Å²) < 4.78 is 18.8. The largest absolute Gasteiger partial charge is 0.467 e. The lowest BCUT2D eigenvalue weighted by Crippen LogP contribution is -1.91. The summed E-state index contributed by atoms with van der Waals surface area (Å²) in [6, 6.07) is 6.48. The minimum atomic E-state index is -0.273. The van der Waals surface area contributed by atoms with E-state index >= 15 is 0 Å². The highest BCUT2D eigenvalue weighted by molar-refractivity contribution is 9.10. The second kappa shape index (κ2) is 5.27. The second-order valence-electron chi connectivity index (χ2n) is 3.93. The lowest BCUT2D eigenvalue weighted by Gasteiger charge is -1.99. The van der Waals surface area contributed by atoms with E-state index in [-0.39, 0.29) is 11.8 Å². The Balaban J connectivity index is 2.25. The van der Waals surface area contributed by atoms with Crippen molar-refractivity contribution in [2.24, 2.45) is 0 Å². The van der Waals surface area contributed by atoms with Crippen molar-refractivity contribution in [1.29, 1.82) is 0 Å². The third-order valence-electron chi connectivity index (χ3n) is 2.72. The Morgan fingerprint density at radius 1 is 1.25 bits per heavy atom. The minimum Gasteiger partial charge on any atom is -0.467 e. The summed E-state index contributed by atoms with van der Waals surface area (Å²) in [5.74, 6) is -0.273. The molecule has 3 rings (SSSR count). The molecular formula is C13H7BrClFN2OS. The van der Waals surface area contributed by atoms with Crippen molar-refractivity contribution in [3.63, 3.8) is 0 Å². The van der Waals surface area contributed by atoms with Crippen molar-refractivity contribution in [3.05, 3.63) is 39.7 Å². The SMILES string of the molecule is COc1nc(Cl)c2c(Br)c(-c3ccc(F)cc3)sc2n1. The summed E-state index contributed by atoms with van der Waals surface area (Å²) in [6.45, 7) is 0. The first-order chi connectivity index (χ1) is 9.60. The average Bonchev–Trinajstić information content (AvgIpc) is 2.77. The zero-order valence-electron chi connectivity index (χ0n) is 10.2. The van der Waals surface area contributed by atoms with Crippen molar-refractivity contribution >= 4 is 49.1 Å². The molecule has 0 bridgehead atoms. The topological polar surface area (TPSA) is 35.0 Å². The summed E-state index contributed by atoms with van der Waals surface area (Å²) in [5.41, 5.74) is 0.885. The maximum Gasteiger partial charge on any atom is 0.318 e. The van der Waals surface area contributed by atoms with Crippen LogP contribution in [0.3, 0.4) is 0 Å². The van der Waals surface area contributed by atoms with Crippen LogP contribution in [0.5, 0.6) is 6.01 Å². The molecule has 3 aromatic rings. The molecule has 0 saturated heterocycles. The highest BCUT2D eigenvalue weighted by atomic mass is 79.9. The van der Waals surface area contributed by atoms with Gasteiger partial charge in [0.2, 0.25) is 0 Å². The van der Waals surface area contributed by atoms with E-state index in [1.807, 2.05) is 0 Å². The molecule has 3 nitrogen and oxygen atoms in total. The van der Waals surface area contributed by atoms with Crippen molar-refractivity contribution in [2.75, 3.05) is 7.11 Å². The Bertz CT molecular complexity index is 791. The van der Waals surface area contributed by atoms with E-state index in [9.17, 15) is 4.39 Å². The Morgan fingerprint density at radius 2 is 1.95 bits per heavy atom. The normalized spacial score (nSPS) is 11.0. The zero-order valence-corrected chi connectivity index (χ0v) is 13.3. The predicted octanol–water partition coefficient (Wildman–Crippen LogP) is 4.92. The van der Waals surface area contributed by atoms with E-state index < -0.39 is 0 Å². The first-order valence-electron chi connectivity index (χ1n) is 5.55. The van der Waals surface area contributed by atoms with Crippen molar-refractivity contribution in [3.8, 4) is 16.5 Å². The van der Waals surface area contributed by atoms with Gasteiger partial charge in [0.05, 0.1) is 17.4 Å². The maximum atomic E-state index is 13.0. The lowest BCUT2D eigenvalue weighted by atomic mass is 10.2. The van der Waals surface area contributed by atoms with Gasteiger partial charge in [-0.25, -0.2) is 4.39 Å². The molecular weight excluding hydrogens is 367 g/mol. The smallest absolute Gasteiger partial charge is 0.318 e. The monoisotopic (exact) mass is 372 g/mol. The minimum absolute atomic E-state index is 0.224. The molecule has 0 radical (unpaired) electrons. The summed E-state index contributed by atoms with van der Waals surface area (Å²) in [4.78, 5) is 9.96. The van der Waals surface area contributed by atoms with Crippen LogP contribution in [0.15, 0.2) is 28.7 Å². The number of halogens is 3. The quantitative estimate of drug-likeness (QED) is 0.598. The van der Waals surface area contributed by atoms with Gasteiger partial charge in [-0.15, -0.1) is 11.3 Å². The van der Waals surface area contributed by atoms with Crippen LogP contribution in [0.4, 0.5) is 4.39 Å². The van der Waals surface area contributed by atoms with Crippen LogP contribution in [0, 0.1) is 5.82 Å². The van der Waals surface area contributed by atoms with E-state index in [1.165, 1.54) is 30.6 Å². The van der Waals surface area contributed by atoms with Gasteiger partial charge in [0, 0.05) is 4.47 Å². The summed E-state index contributed by atoms with van der Waals surface area (Å²) >= 11 is 11.1. The lowest BCUT2D eigenvalue weighted by molar-refractivity contribution is 0.382. The van der Waals surface area contributed by atoms with Crippen LogP contribution in [0.2, 0.25) is 5.15 Å². The molecule has 7 heteroatoms. The van der Waals surface area contributed by atoms with Crippen LogP contribution in [0.1, 0.15) is 0 Å². The Hall–Kier alpha value is -1.24. The van der Waals surface area contributed by atoms with Crippen LogP contribution < -0.4 is 4.74 Å². The number of hydrogen-bond donors (Lipinski definition) is 0. The number of benzene rings is 1. The van der Waals surface area contributed by atoms with Gasteiger partial charge in [-0.1, -0.05) is 23.7 Å². The van der Waals surface area contributed by atoms with Crippen LogP contribution in [-0.2, 0) is 0 Å². The molecule has 0 unspecified atom stereocenters. The molecule has 0 aliphatic rings. The Kier molecular flexibility index (Phi) is 3.62. The fraction of sp³-hybridized carbons (Fsp3) is 0.0769. The molecule has 2 aromatic heterocycles. The van der Waals surface area contributed by atoms with Gasteiger partial charge in [-0.2, -0.15) is 9.97 Å². The molecule has 0 fully saturated rings. The molecule has 0 amide bonds. The first-order valence-corrected chi connectivity index (χ1v) is 7.54. The Labute approximate surface area is 131 Å². The third kappa shape index (κ3) is 2.28. The standard InChI is InChI=1S/C13H7BrClFN2OS/c1-19-13-17-11(15)8-9(14)10(20-12(8)18-13)6-2-4-7(16)5-3-6/h2-5H,1H3. The van der Waals surface area contributed by atoms with E-state index in [4.69, 9.17) is 16.3 Å². The van der Waals surface area contributed by atoms with Crippen LogP contribution >= 0.6 is 38.9 Å². The van der Waals surface area contributed by atoms with E-state index in [0.717, 1.165) is 20.3 Å². The molecule has 0 spiro atoms. The van der Waals surface area contributed by atoms with E-state index in [1.54, 1.807) is 12.1 Å². The highest BCUT2D eigenvalue weighted by Gasteiger charge is 2.17. The molecule has 0 aliphatic carbocycles. The fourth-order valence-corrected chi connectivity index (χ4v) is 4.26. The number of methoxy groups -OCH3 is 1. The molecule has 0 atom stereocenters. The summed E-state index contributed by atoms with van der Waals surface area (Å²) in [5, 5.41) is 1.06.